The molecule has 0 saturated carbocycles. The Morgan fingerprint density at radius 1 is 1.20 bits per heavy atom. The van der Waals surface area contributed by atoms with Gasteiger partial charge in [-0.15, -0.1) is 10.2 Å². The number of carbonyl (C=O) groups is 2. The van der Waals surface area contributed by atoms with Gasteiger partial charge in [0.05, 0.1) is 7.11 Å². The fourth-order valence-electron chi connectivity index (χ4n) is 2.57. The number of esters is 1. The van der Waals surface area contributed by atoms with Gasteiger partial charge in [0.2, 0.25) is 11.6 Å². The van der Waals surface area contributed by atoms with Gasteiger partial charge in [-0.3, -0.25) is 23.3 Å². The predicted molar refractivity (Wildman–Crippen MR) is 101 cm³/mol. The molecule has 0 radical (unpaired) electrons. The smallest absolute Gasteiger partial charge is 0.357 e. The van der Waals surface area contributed by atoms with Gasteiger partial charge >= 0.3 is 11.7 Å². The molecule has 0 bridgehead atoms. The predicted octanol–water partition coefficient (Wildman–Crippen LogP) is 0.385. The van der Waals surface area contributed by atoms with Gasteiger partial charge in [0.15, 0.2) is 12.0 Å². The fourth-order valence-corrected chi connectivity index (χ4v) is 2.57. The molecule has 0 amide bonds. The van der Waals surface area contributed by atoms with E-state index >= 15 is 0 Å². The molecule has 0 unspecified atom stereocenters. The molecule has 13 heteroatoms. The van der Waals surface area contributed by atoms with E-state index in [4.69, 9.17) is 4.74 Å². The maximum atomic E-state index is 12.3. The highest BCUT2D eigenvalue weighted by atomic mass is 16.5. The number of carbonyl (C=O) groups excluding carboxylic acids is 2. The number of aromatic hydroxyl groups is 1. The lowest BCUT2D eigenvalue weighted by atomic mass is 10.3. The molecule has 0 aliphatic rings. The maximum Gasteiger partial charge on any atom is 0.357 e. The zero-order valence-corrected chi connectivity index (χ0v) is 16.0. The van der Waals surface area contributed by atoms with Crippen molar-refractivity contribution >= 4 is 23.9 Å². The van der Waals surface area contributed by atoms with E-state index in [9.17, 15) is 24.3 Å². The lowest BCUT2D eigenvalue weighted by Crippen LogP contribution is -2.36. The number of nitrogens with zero attached hydrogens (tertiary/aromatic N) is 7. The third-order valence-corrected chi connectivity index (χ3v) is 4.11. The first-order chi connectivity index (χ1) is 14.3. The van der Waals surface area contributed by atoms with E-state index in [0.29, 0.717) is 6.29 Å². The third-order valence-electron chi connectivity index (χ3n) is 4.11. The van der Waals surface area contributed by atoms with Gasteiger partial charge in [0.25, 0.3) is 11.5 Å². The van der Waals surface area contributed by atoms with Crippen LogP contribution in [0, 0.1) is 0 Å². The van der Waals surface area contributed by atoms with Crippen LogP contribution in [-0.2, 0) is 18.8 Å². The van der Waals surface area contributed by atoms with E-state index in [0.717, 1.165) is 20.8 Å². The van der Waals surface area contributed by atoms with Crippen LogP contribution in [-0.4, -0.2) is 48.1 Å². The number of hydrogen-bond acceptors (Lipinski definition) is 10. The monoisotopic (exact) mass is 413 g/mol. The Hall–Kier alpha value is -4.42. The number of aldehydes is 1. The second-order valence-electron chi connectivity index (χ2n) is 5.86. The number of pyridine rings is 1. The molecule has 1 N–H and O–H groups in total. The van der Waals surface area contributed by atoms with Crippen LogP contribution in [0.2, 0.25) is 0 Å². The van der Waals surface area contributed by atoms with Gasteiger partial charge in [-0.25, -0.2) is 19.6 Å². The molecule has 3 rings (SSSR count). The van der Waals surface area contributed by atoms with Gasteiger partial charge < -0.3 is 9.84 Å². The van der Waals surface area contributed by atoms with Crippen LogP contribution in [0.25, 0.3) is 5.82 Å². The fraction of sp³-hybridized carbons (Fsp3) is 0.176. The molecule has 0 spiro atoms. The summed E-state index contributed by atoms with van der Waals surface area (Å²) in [6.07, 6.45) is 1.76. The average molecular weight is 413 g/mol. The Morgan fingerprint density at radius 3 is 2.53 bits per heavy atom. The molecule has 3 heterocycles. The number of azo groups is 1. The van der Waals surface area contributed by atoms with Gasteiger partial charge in [-0.05, 0) is 12.1 Å². The van der Waals surface area contributed by atoms with Crippen molar-refractivity contribution < 1.29 is 19.4 Å². The molecule has 0 atom stereocenters. The summed E-state index contributed by atoms with van der Waals surface area (Å²) in [5, 5.41) is 17.6. The summed E-state index contributed by atoms with van der Waals surface area (Å²) < 4.78 is 7.36. The number of aromatic nitrogens is 5. The standard InChI is InChI=1S/C17H15N7O6/c1-22-13(26)11(14(27)23(2)17(22)29)20-21-16-19-9(8-25)12(15(28)30-3)24(16)10-6-4-5-7-18-10/h4-8,26H,1-3H3. The van der Waals surface area contributed by atoms with E-state index in [1.165, 1.54) is 26.4 Å². The Balaban J connectivity index is 2.27. The highest BCUT2D eigenvalue weighted by molar-refractivity contribution is 5.97. The molecule has 3 aromatic rings. The second kappa shape index (κ2) is 7.90. The largest absolute Gasteiger partial charge is 0.493 e. The molecule has 30 heavy (non-hydrogen) atoms. The summed E-state index contributed by atoms with van der Waals surface area (Å²) in [6.45, 7) is 0. The Labute approximate surface area is 167 Å². The Morgan fingerprint density at radius 2 is 1.93 bits per heavy atom. The summed E-state index contributed by atoms with van der Waals surface area (Å²) in [5.41, 5.74) is -2.75. The number of imidazole rings is 1. The molecule has 0 aliphatic heterocycles. The van der Waals surface area contributed by atoms with Crippen LogP contribution in [0.3, 0.4) is 0 Å². The first-order valence-corrected chi connectivity index (χ1v) is 8.30. The number of methoxy groups -OCH3 is 1. The maximum absolute atomic E-state index is 12.3. The van der Waals surface area contributed by atoms with Gasteiger partial charge in [-0.2, -0.15) is 0 Å². The molecule has 3 aromatic heterocycles. The minimum Gasteiger partial charge on any atom is -0.493 e. The molecule has 0 aromatic carbocycles. The lowest BCUT2D eigenvalue weighted by Gasteiger charge is -2.08. The van der Waals surface area contributed by atoms with Crippen molar-refractivity contribution in [3.05, 3.63) is 56.6 Å². The van der Waals surface area contributed by atoms with Crippen molar-refractivity contribution in [2.45, 2.75) is 0 Å². The Kier molecular flexibility index (Phi) is 5.35. The normalized spacial score (nSPS) is 11.0. The second-order valence-corrected chi connectivity index (χ2v) is 5.86. The van der Waals surface area contributed by atoms with Crippen molar-refractivity contribution in [2.75, 3.05) is 7.11 Å². The van der Waals surface area contributed by atoms with Crippen molar-refractivity contribution in [1.82, 2.24) is 23.7 Å². The van der Waals surface area contributed by atoms with Crippen LogP contribution in [0.4, 0.5) is 11.6 Å². The van der Waals surface area contributed by atoms with Crippen LogP contribution in [0.15, 0.2) is 44.2 Å². The lowest BCUT2D eigenvalue weighted by molar-refractivity contribution is 0.0589. The summed E-state index contributed by atoms with van der Waals surface area (Å²) in [4.78, 5) is 55.9. The van der Waals surface area contributed by atoms with Gasteiger partial charge in [-0.1, -0.05) is 6.07 Å². The van der Waals surface area contributed by atoms with Crippen LogP contribution in [0.5, 0.6) is 5.88 Å². The summed E-state index contributed by atoms with van der Waals surface area (Å²) in [5.74, 6) is -1.71. The van der Waals surface area contributed by atoms with Crippen molar-refractivity contribution in [3.8, 4) is 11.7 Å². The summed E-state index contributed by atoms with van der Waals surface area (Å²) in [7, 11) is 3.57. The SMILES string of the molecule is COC(=O)c1c(C=O)nc(N=Nc2c(O)n(C)c(=O)n(C)c2=O)n1-c1ccccn1. The molecular formula is C17H15N7O6. The first kappa shape index (κ1) is 20.3. The van der Waals surface area contributed by atoms with Crippen LogP contribution < -0.4 is 11.2 Å². The topological polar surface area (TPSA) is 163 Å². The van der Waals surface area contributed by atoms with E-state index in [-0.39, 0.29) is 23.2 Å². The zero-order chi connectivity index (χ0) is 22.0. The molecule has 0 fully saturated rings. The number of hydrogen-bond donors (Lipinski definition) is 1. The van der Waals surface area contributed by atoms with Crippen molar-refractivity contribution in [2.24, 2.45) is 24.3 Å². The summed E-state index contributed by atoms with van der Waals surface area (Å²) in [6, 6.07) is 4.77. The first-order valence-electron chi connectivity index (χ1n) is 8.30. The molecule has 13 nitrogen and oxygen atoms in total. The zero-order valence-electron chi connectivity index (χ0n) is 16.0. The molecular weight excluding hydrogens is 398 g/mol. The quantitative estimate of drug-likeness (QED) is 0.356. The highest BCUT2D eigenvalue weighted by Gasteiger charge is 2.26. The van der Waals surface area contributed by atoms with E-state index in [1.807, 2.05) is 0 Å². The minimum absolute atomic E-state index is 0.171. The minimum atomic E-state index is -0.904. The number of ether oxygens (including phenoxy) is 1. The van der Waals surface area contributed by atoms with Crippen LogP contribution >= 0.6 is 0 Å². The molecule has 0 saturated heterocycles. The van der Waals surface area contributed by atoms with Crippen LogP contribution in [0.1, 0.15) is 21.0 Å². The highest BCUT2D eigenvalue weighted by Crippen LogP contribution is 2.26. The molecule has 154 valence electrons. The van der Waals surface area contributed by atoms with Crippen molar-refractivity contribution in [3.63, 3.8) is 0 Å². The van der Waals surface area contributed by atoms with E-state index in [1.54, 1.807) is 12.1 Å². The number of rotatable bonds is 5. The summed E-state index contributed by atoms with van der Waals surface area (Å²) >= 11 is 0. The third kappa shape index (κ3) is 3.28. The van der Waals surface area contributed by atoms with E-state index < -0.39 is 28.8 Å². The van der Waals surface area contributed by atoms with E-state index in [2.05, 4.69) is 20.2 Å². The molecule has 0 aliphatic carbocycles. The van der Waals surface area contributed by atoms with Gasteiger partial charge in [0, 0.05) is 20.3 Å². The van der Waals surface area contributed by atoms with Gasteiger partial charge in [0.1, 0.15) is 11.5 Å². The average Bonchev–Trinajstić information content (AvgIpc) is 3.15. The van der Waals surface area contributed by atoms with Crippen molar-refractivity contribution in [1.29, 1.82) is 0 Å². The Bertz CT molecular complexity index is 1290.